The number of aliphatic hydroxyl groups excluding tert-OH is 6. The van der Waals surface area contributed by atoms with Crippen molar-refractivity contribution in [2.24, 2.45) is 0 Å². The Hall–Kier alpha value is -1.88. The zero-order valence-electron chi connectivity index (χ0n) is 18.4. The number of piperidine rings is 2. The molecule has 8 nitrogen and oxygen atoms in total. The van der Waals surface area contributed by atoms with Gasteiger partial charge in [0.25, 0.3) is 0 Å². The first-order chi connectivity index (χ1) is 15.8. The molecular weight excluding hydrogens is 424 g/mol. The Kier molecular flexibility index (Phi) is 5.83. The molecule has 8 heteroatoms. The van der Waals surface area contributed by atoms with Crippen LogP contribution in [0.3, 0.4) is 0 Å². The minimum atomic E-state index is -1.68. The maximum Gasteiger partial charge on any atom is 0.111 e. The van der Waals surface area contributed by atoms with Gasteiger partial charge in [-0.15, -0.1) is 0 Å². The summed E-state index contributed by atoms with van der Waals surface area (Å²) in [7, 11) is 0. The van der Waals surface area contributed by atoms with Crippen LogP contribution in [-0.2, 0) is 10.8 Å². The lowest BCUT2D eigenvalue weighted by molar-refractivity contribution is -0.244. The van der Waals surface area contributed by atoms with Crippen LogP contribution in [0.5, 0.6) is 0 Å². The Morgan fingerprint density at radius 1 is 0.727 bits per heavy atom. The monoisotopic (exact) mass is 456 g/mol. The molecule has 4 fully saturated rings. The zero-order chi connectivity index (χ0) is 23.4. The predicted octanol–water partition coefficient (Wildman–Crippen LogP) is -1.37. The molecule has 6 N–H and O–H groups in total. The van der Waals surface area contributed by atoms with Crippen LogP contribution in [-0.4, -0.2) is 110 Å². The molecule has 0 saturated carbocycles. The van der Waals surface area contributed by atoms with E-state index in [1.54, 1.807) is 0 Å². The van der Waals surface area contributed by atoms with Crippen LogP contribution in [0.25, 0.3) is 0 Å². The fraction of sp³-hybridized carbons (Fsp3) is 0.520. The van der Waals surface area contributed by atoms with E-state index in [2.05, 4.69) is 9.80 Å². The summed E-state index contributed by atoms with van der Waals surface area (Å²) in [4.78, 5) is 4.15. The summed E-state index contributed by atoms with van der Waals surface area (Å²) in [6.07, 6.45) is -7.49. The number of benzene rings is 2. The van der Waals surface area contributed by atoms with Gasteiger partial charge < -0.3 is 30.6 Å². The number of nitrogens with zero attached hydrogens (tertiary/aromatic N) is 2. The number of hydrogen-bond acceptors (Lipinski definition) is 8. The average Bonchev–Trinajstić information content (AvgIpc) is 2.85. The molecule has 0 radical (unpaired) electrons. The Morgan fingerprint density at radius 3 is 1.55 bits per heavy atom. The zero-order valence-corrected chi connectivity index (χ0v) is 18.4. The standard InChI is InChI=1S/C25H32N2O6/c28-11-18(29)19(30)20(31)21(32)22-26-12-24(16-7-3-1-4-8-16)13-27(22)15-25(14-26,23(24)33)17-9-5-2-6-10-17/h1-10,18-23,28-33H,11-15H2/t18-,19-,20-,21+,22?,23?,24?,25?/m0/s1. The van der Waals surface area contributed by atoms with Crippen molar-refractivity contribution in [1.82, 2.24) is 9.80 Å². The molecule has 4 bridgehead atoms. The van der Waals surface area contributed by atoms with Crippen LogP contribution in [0.15, 0.2) is 60.7 Å². The third-order valence-corrected chi connectivity index (χ3v) is 8.02. The van der Waals surface area contributed by atoms with Gasteiger partial charge in [-0.1, -0.05) is 60.7 Å². The van der Waals surface area contributed by atoms with Gasteiger partial charge in [0, 0.05) is 37.0 Å². The molecule has 4 aliphatic rings. The second-order valence-corrected chi connectivity index (χ2v) is 9.89. The van der Waals surface area contributed by atoms with E-state index in [1.165, 1.54) is 0 Å². The van der Waals surface area contributed by atoms with Crippen molar-refractivity contribution in [3.05, 3.63) is 71.8 Å². The summed E-state index contributed by atoms with van der Waals surface area (Å²) in [6, 6.07) is 19.8. The molecule has 4 heterocycles. The summed E-state index contributed by atoms with van der Waals surface area (Å²) in [6.45, 7) is 1.21. The van der Waals surface area contributed by atoms with Gasteiger partial charge in [-0.25, -0.2) is 0 Å². The SMILES string of the molecule is OC[C@H](O)[C@H](O)[C@H](O)[C@@H](O)C1N2CC3(c4ccccc4)CN1CC(c1ccccc1)(C2)C3O. The van der Waals surface area contributed by atoms with Crippen molar-refractivity contribution >= 4 is 0 Å². The second kappa shape index (κ2) is 8.41. The van der Waals surface area contributed by atoms with E-state index in [9.17, 15) is 25.5 Å². The fourth-order valence-electron chi connectivity index (χ4n) is 6.51. The molecule has 2 aromatic carbocycles. The molecule has 0 aliphatic carbocycles. The molecule has 4 aliphatic heterocycles. The van der Waals surface area contributed by atoms with Gasteiger partial charge in [0.05, 0.1) is 18.9 Å². The van der Waals surface area contributed by atoms with Gasteiger partial charge in [-0.3, -0.25) is 9.80 Å². The second-order valence-electron chi connectivity index (χ2n) is 9.89. The lowest BCUT2D eigenvalue weighted by Crippen LogP contribution is -2.85. The van der Waals surface area contributed by atoms with Crippen molar-refractivity contribution in [2.45, 2.75) is 47.5 Å². The molecule has 178 valence electrons. The van der Waals surface area contributed by atoms with E-state index in [4.69, 9.17) is 5.11 Å². The van der Waals surface area contributed by atoms with Crippen molar-refractivity contribution < 1.29 is 30.6 Å². The summed E-state index contributed by atoms with van der Waals surface area (Å²) >= 11 is 0. The smallest absolute Gasteiger partial charge is 0.111 e. The Bertz CT molecular complexity index is 884. The maximum absolute atomic E-state index is 11.9. The Labute approximate surface area is 193 Å². The third kappa shape index (κ3) is 3.37. The normalized spacial score (nSPS) is 38.6. The molecule has 6 rings (SSSR count). The molecule has 0 aromatic heterocycles. The van der Waals surface area contributed by atoms with E-state index >= 15 is 0 Å². The molecule has 0 spiro atoms. The van der Waals surface area contributed by atoms with Crippen molar-refractivity contribution in [3.8, 4) is 0 Å². The van der Waals surface area contributed by atoms with Gasteiger partial charge >= 0.3 is 0 Å². The van der Waals surface area contributed by atoms with Crippen molar-refractivity contribution in [1.29, 1.82) is 0 Å². The third-order valence-electron chi connectivity index (χ3n) is 8.02. The number of rotatable bonds is 7. The summed E-state index contributed by atoms with van der Waals surface area (Å²) in [5.41, 5.74) is 0.878. The molecule has 4 saturated heterocycles. The highest BCUT2D eigenvalue weighted by Crippen LogP contribution is 2.54. The first kappa shape index (κ1) is 22.9. The van der Waals surface area contributed by atoms with Gasteiger partial charge in [0.2, 0.25) is 0 Å². The highest BCUT2D eigenvalue weighted by atomic mass is 16.4. The summed E-state index contributed by atoms with van der Waals surface area (Å²) < 4.78 is 0. The first-order valence-corrected chi connectivity index (χ1v) is 11.4. The van der Waals surface area contributed by atoms with Crippen LogP contribution in [0, 0.1) is 0 Å². The van der Waals surface area contributed by atoms with Crippen LogP contribution in [0.1, 0.15) is 11.1 Å². The van der Waals surface area contributed by atoms with E-state index < -0.39 is 54.1 Å². The quantitative estimate of drug-likeness (QED) is 0.301. The van der Waals surface area contributed by atoms with Crippen LogP contribution >= 0.6 is 0 Å². The lowest BCUT2D eigenvalue weighted by atomic mass is 9.54. The Balaban J connectivity index is 1.55. The van der Waals surface area contributed by atoms with Crippen LogP contribution in [0.4, 0.5) is 0 Å². The van der Waals surface area contributed by atoms with E-state index in [0.717, 1.165) is 11.1 Å². The molecule has 4 atom stereocenters. The highest BCUT2D eigenvalue weighted by Gasteiger charge is 2.67. The number of aliphatic hydroxyl groups is 6. The average molecular weight is 457 g/mol. The molecule has 0 unspecified atom stereocenters. The minimum Gasteiger partial charge on any atom is -0.394 e. The number of hydrogen-bond donors (Lipinski definition) is 6. The molecular formula is C25H32N2O6. The Morgan fingerprint density at radius 2 is 1.15 bits per heavy atom. The van der Waals surface area contributed by atoms with E-state index in [-0.39, 0.29) is 0 Å². The molecule has 2 aromatic rings. The summed E-state index contributed by atoms with van der Waals surface area (Å²) in [5.74, 6) is 0. The topological polar surface area (TPSA) is 128 Å². The minimum absolute atomic E-state index is 0.482. The molecule has 0 amide bonds. The van der Waals surface area contributed by atoms with Crippen molar-refractivity contribution in [3.63, 3.8) is 0 Å². The highest BCUT2D eigenvalue weighted by molar-refractivity contribution is 5.42. The first-order valence-electron chi connectivity index (χ1n) is 11.4. The fourth-order valence-corrected chi connectivity index (χ4v) is 6.51. The van der Waals surface area contributed by atoms with E-state index in [1.807, 2.05) is 60.7 Å². The van der Waals surface area contributed by atoms with Crippen LogP contribution < -0.4 is 0 Å². The van der Waals surface area contributed by atoms with Gasteiger partial charge in [0.1, 0.15) is 24.4 Å². The lowest BCUT2D eigenvalue weighted by Gasteiger charge is -2.70. The van der Waals surface area contributed by atoms with Gasteiger partial charge in [-0.2, -0.15) is 0 Å². The van der Waals surface area contributed by atoms with Crippen molar-refractivity contribution in [2.75, 3.05) is 32.8 Å². The maximum atomic E-state index is 11.9. The molecule has 33 heavy (non-hydrogen) atoms. The predicted molar refractivity (Wildman–Crippen MR) is 120 cm³/mol. The summed E-state index contributed by atoms with van der Waals surface area (Å²) in [5, 5.41) is 62.7. The van der Waals surface area contributed by atoms with Gasteiger partial charge in [-0.05, 0) is 11.1 Å². The van der Waals surface area contributed by atoms with Gasteiger partial charge in [0.15, 0.2) is 0 Å². The van der Waals surface area contributed by atoms with Crippen LogP contribution in [0.2, 0.25) is 0 Å². The van der Waals surface area contributed by atoms with E-state index in [0.29, 0.717) is 26.2 Å². The largest absolute Gasteiger partial charge is 0.394 e.